The van der Waals surface area contributed by atoms with E-state index >= 15 is 0 Å². The Morgan fingerprint density at radius 1 is 1.47 bits per heavy atom. The molecule has 0 aliphatic carbocycles. The molecule has 108 valence electrons. The molecule has 0 atom stereocenters. The Labute approximate surface area is 114 Å². The Morgan fingerprint density at radius 3 is 2.79 bits per heavy atom. The van der Waals surface area contributed by atoms with E-state index in [1.165, 1.54) is 4.90 Å². The van der Waals surface area contributed by atoms with E-state index in [1.807, 2.05) is 0 Å². The van der Waals surface area contributed by atoms with E-state index in [2.05, 4.69) is 17.1 Å². The number of hydrogen-bond acceptors (Lipinski definition) is 5. The Kier molecular flexibility index (Phi) is 5.15. The van der Waals surface area contributed by atoms with Crippen molar-refractivity contribution < 1.29 is 14.3 Å². The Hall–Kier alpha value is -1.14. The van der Waals surface area contributed by atoms with Crippen molar-refractivity contribution in [2.24, 2.45) is 5.92 Å². The highest BCUT2D eigenvalue weighted by atomic mass is 16.6. The van der Waals surface area contributed by atoms with E-state index < -0.39 is 6.09 Å². The van der Waals surface area contributed by atoms with Gasteiger partial charge in [0.2, 0.25) is 5.91 Å². The lowest BCUT2D eigenvalue weighted by atomic mass is 9.97. The summed E-state index contributed by atoms with van der Waals surface area (Å²) in [4.78, 5) is 26.7. The molecule has 6 nitrogen and oxygen atoms in total. The van der Waals surface area contributed by atoms with Crippen LogP contribution in [-0.2, 0) is 9.53 Å². The molecule has 1 N–H and O–H groups in total. The highest BCUT2D eigenvalue weighted by Crippen LogP contribution is 2.14. The lowest BCUT2D eigenvalue weighted by Gasteiger charge is -2.29. The molecule has 0 aromatic carbocycles. The molecule has 19 heavy (non-hydrogen) atoms. The first-order valence-electron chi connectivity index (χ1n) is 7.11. The molecule has 0 spiro atoms. The molecular weight excluding hydrogens is 246 g/mol. The zero-order chi connectivity index (χ0) is 13.7. The minimum atomic E-state index is -0.497. The number of amides is 2. The smallest absolute Gasteiger partial charge is 0.416 e. The number of imide groups is 1. The summed E-state index contributed by atoms with van der Waals surface area (Å²) in [6.07, 6.45) is 1.83. The minimum Gasteiger partial charge on any atom is -0.447 e. The summed E-state index contributed by atoms with van der Waals surface area (Å²) in [5.41, 5.74) is 0. The Bertz CT molecular complexity index is 329. The second kappa shape index (κ2) is 6.86. The number of cyclic esters (lactones) is 1. The predicted molar refractivity (Wildman–Crippen MR) is 70.8 cm³/mol. The van der Waals surface area contributed by atoms with Gasteiger partial charge in [0.05, 0.1) is 13.1 Å². The summed E-state index contributed by atoms with van der Waals surface area (Å²) in [5, 5.41) is 3.34. The first kappa shape index (κ1) is 14.3. The number of carbonyl (C=O) groups is 2. The van der Waals surface area contributed by atoms with Crippen LogP contribution in [0.2, 0.25) is 0 Å². The molecule has 0 bridgehead atoms. The van der Waals surface area contributed by atoms with Gasteiger partial charge in [-0.3, -0.25) is 9.69 Å². The number of rotatable bonds is 5. The summed E-state index contributed by atoms with van der Waals surface area (Å²) < 4.78 is 4.79. The predicted octanol–water partition coefficient (Wildman–Crippen LogP) is 0.287. The van der Waals surface area contributed by atoms with Gasteiger partial charge in [0.25, 0.3) is 0 Å². The largest absolute Gasteiger partial charge is 0.447 e. The van der Waals surface area contributed by atoms with E-state index in [9.17, 15) is 9.59 Å². The van der Waals surface area contributed by atoms with Crippen molar-refractivity contribution in [2.45, 2.75) is 19.8 Å². The van der Waals surface area contributed by atoms with Crippen molar-refractivity contribution in [1.82, 2.24) is 15.1 Å². The maximum atomic E-state index is 12.0. The maximum Gasteiger partial charge on any atom is 0.416 e. The lowest BCUT2D eigenvalue weighted by molar-refractivity contribution is -0.129. The van der Waals surface area contributed by atoms with Gasteiger partial charge < -0.3 is 10.1 Å². The lowest BCUT2D eigenvalue weighted by Crippen LogP contribution is -2.43. The maximum absolute atomic E-state index is 12.0. The second-order valence-corrected chi connectivity index (χ2v) is 5.18. The summed E-state index contributed by atoms with van der Waals surface area (Å²) in [6, 6.07) is 0. The van der Waals surface area contributed by atoms with E-state index in [0.29, 0.717) is 25.6 Å². The molecule has 2 aliphatic rings. The molecule has 2 amide bonds. The molecule has 2 saturated heterocycles. The topological polar surface area (TPSA) is 61.9 Å². The quantitative estimate of drug-likeness (QED) is 0.777. The van der Waals surface area contributed by atoms with Crippen molar-refractivity contribution in [1.29, 1.82) is 0 Å². The van der Waals surface area contributed by atoms with E-state index in [1.54, 1.807) is 0 Å². The van der Waals surface area contributed by atoms with Gasteiger partial charge in [0, 0.05) is 6.54 Å². The van der Waals surface area contributed by atoms with Crippen molar-refractivity contribution >= 4 is 12.0 Å². The normalized spacial score (nSPS) is 20.9. The van der Waals surface area contributed by atoms with Crippen LogP contribution in [0, 0.1) is 5.92 Å². The van der Waals surface area contributed by atoms with Gasteiger partial charge in [-0.15, -0.1) is 0 Å². The number of carbonyl (C=O) groups excluding carboxylic acids is 2. The molecule has 2 fully saturated rings. The third-order valence-corrected chi connectivity index (χ3v) is 3.84. The number of piperidine rings is 1. The fourth-order valence-corrected chi connectivity index (χ4v) is 2.63. The van der Waals surface area contributed by atoms with Crippen molar-refractivity contribution in [3.05, 3.63) is 0 Å². The fourth-order valence-electron chi connectivity index (χ4n) is 2.63. The summed E-state index contributed by atoms with van der Waals surface area (Å²) >= 11 is 0. The van der Waals surface area contributed by atoms with Crippen molar-refractivity contribution in [2.75, 3.05) is 45.9 Å². The molecule has 0 saturated carbocycles. The first-order chi connectivity index (χ1) is 9.20. The zero-order valence-corrected chi connectivity index (χ0v) is 11.6. The minimum absolute atomic E-state index is 0.140. The average molecular weight is 269 g/mol. The second-order valence-electron chi connectivity index (χ2n) is 5.18. The Morgan fingerprint density at radius 2 is 2.21 bits per heavy atom. The number of hydrogen-bond donors (Lipinski definition) is 1. The molecule has 0 radical (unpaired) electrons. The number of nitrogens with one attached hydrogen (secondary N) is 1. The molecular formula is C13H23N3O3. The van der Waals surface area contributed by atoms with Gasteiger partial charge in [-0.05, 0) is 38.4 Å². The van der Waals surface area contributed by atoms with E-state index in [-0.39, 0.29) is 5.91 Å². The van der Waals surface area contributed by atoms with Gasteiger partial charge in [-0.25, -0.2) is 9.69 Å². The molecule has 0 unspecified atom stereocenters. The van der Waals surface area contributed by atoms with E-state index in [0.717, 1.165) is 39.0 Å². The first-order valence-corrected chi connectivity index (χ1v) is 7.11. The van der Waals surface area contributed by atoms with Gasteiger partial charge in [0.15, 0.2) is 0 Å². The van der Waals surface area contributed by atoms with Crippen LogP contribution in [-0.4, -0.2) is 67.7 Å². The third-order valence-electron chi connectivity index (χ3n) is 3.84. The number of likely N-dealkylation sites (N-methyl/N-ethyl adjacent to an activating group) is 1. The highest BCUT2D eigenvalue weighted by molar-refractivity contribution is 5.93. The molecule has 2 aliphatic heterocycles. The van der Waals surface area contributed by atoms with Crippen LogP contribution in [0.5, 0.6) is 0 Å². The molecule has 0 aromatic rings. The van der Waals surface area contributed by atoms with Crippen LogP contribution in [0.25, 0.3) is 0 Å². The molecule has 6 heteroatoms. The van der Waals surface area contributed by atoms with Gasteiger partial charge in [0.1, 0.15) is 6.61 Å². The standard InChI is InChI=1S/C13H23N3O3/c1-2-15(9-11-3-5-14-6-4-11)10-12(17)16-7-8-19-13(16)18/h11,14H,2-10H2,1H3. The highest BCUT2D eigenvalue weighted by Gasteiger charge is 2.29. The number of nitrogens with zero attached hydrogens (tertiary/aromatic N) is 2. The van der Waals surface area contributed by atoms with Gasteiger partial charge >= 0.3 is 6.09 Å². The molecule has 2 rings (SSSR count). The fraction of sp³-hybridized carbons (Fsp3) is 0.846. The van der Waals surface area contributed by atoms with Gasteiger partial charge in [-0.1, -0.05) is 6.92 Å². The van der Waals surface area contributed by atoms with Crippen molar-refractivity contribution in [3.8, 4) is 0 Å². The van der Waals surface area contributed by atoms with Crippen LogP contribution < -0.4 is 5.32 Å². The van der Waals surface area contributed by atoms with Crippen LogP contribution in [0.15, 0.2) is 0 Å². The van der Waals surface area contributed by atoms with Crippen LogP contribution in [0.1, 0.15) is 19.8 Å². The molecule has 0 aromatic heterocycles. The van der Waals surface area contributed by atoms with Gasteiger partial charge in [-0.2, -0.15) is 0 Å². The van der Waals surface area contributed by atoms with Crippen LogP contribution >= 0.6 is 0 Å². The summed E-state index contributed by atoms with van der Waals surface area (Å²) in [5.74, 6) is 0.512. The third kappa shape index (κ3) is 3.91. The zero-order valence-electron chi connectivity index (χ0n) is 11.6. The van der Waals surface area contributed by atoms with Crippen LogP contribution in [0.4, 0.5) is 4.79 Å². The monoisotopic (exact) mass is 269 g/mol. The Balaban J connectivity index is 1.80. The summed E-state index contributed by atoms with van der Waals surface area (Å²) in [6.45, 7) is 6.98. The summed E-state index contributed by atoms with van der Waals surface area (Å²) in [7, 11) is 0. The SMILES string of the molecule is CCN(CC(=O)N1CCOC1=O)CC1CCNCC1. The molecule has 2 heterocycles. The van der Waals surface area contributed by atoms with Crippen LogP contribution in [0.3, 0.4) is 0 Å². The number of ether oxygens (including phenoxy) is 1. The van der Waals surface area contributed by atoms with Crippen molar-refractivity contribution in [3.63, 3.8) is 0 Å². The average Bonchev–Trinajstić information content (AvgIpc) is 2.85. The van der Waals surface area contributed by atoms with E-state index in [4.69, 9.17) is 4.74 Å².